The lowest BCUT2D eigenvalue weighted by Crippen LogP contribution is -2.48. The van der Waals surface area contributed by atoms with Gasteiger partial charge in [0.1, 0.15) is 5.75 Å². The Kier molecular flexibility index (Phi) is 7.54. The molecule has 0 amide bonds. The van der Waals surface area contributed by atoms with E-state index in [1.165, 1.54) is 5.56 Å². The number of anilines is 1. The Labute approximate surface area is 178 Å². The molecular formula is C22H28ClN3OS. The van der Waals surface area contributed by atoms with E-state index in [1.54, 1.807) is 7.11 Å². The third kappa shape index (κ3) is 5.60. The number of methoxy groups -OCH3 is 1. The fraction of sp³-hybridized carbons (Fsp3) is 0.409. The van der Waals surface area contributed by atoms with Gasteiger partial charge in [-0.1, -0.05) is 41.9 Å². The second-order valence-electron chi connectivity index (χ2n) is 7.24. The molecule has 1 aliphatic rings. The number of hydrogen-bond acceptors (Lipinski definition) is 3. The number of benzene rings is 2. The molecule has 1 aliphatic heterocycles. The summed E-state index contributed by atoms with van der Waals surface area (Å²) in [5.41, 5.74) is 2.22. The highest BCUT2D eigenvalue weighted by molar-refractivity contribution is 7.80. The molecule has 1 heterocycles. The number of likely N-dealkylation sites (tertiary alicyclic amines) is 1. The van der Waals surface area contributed by atoms with Crippen LogP contribution in [0.5, 0.6) is 5.75 Å². The Hall–Kier alpha value is -1.82. The van der Waals surface area contributed by atoms with Crippen LogP contribution >= 0.6 is 23.8 Å². The highest BCUT2D eigenvalue weighted by atomic mass is 35.5. The normalized spacial score (nSPS) is 15.2. The van der Waals surface area contributed by atoms with E-state index in [0.29, 0.717) is 16.8 Å². The van der Waals surface area contributed by atoms with E-state index in [2.05, 4.69) is 52.5 Å². The van der Waals surface area contributed by atoms with Crippen molar-refractivity contribution < 1.29 is 4.74 Å². The molecule has 0 aliphatic carbocycles. The van der Waals surface area contributed by atoms with Gasteiger partial charge in [0.15, 0.2) is 5.11 Å². The number of halogens is 1. The van der Waals surface area contributed by atoms with Crippen molar-refractivity contribution in [3.05, 3.63) is 59.1 Å². The molecule has 0 aromatic heterocycles. The van der Waals surface area contributed by atoms with E-state index in [-0.39, 0.29) is 0 Å². The minimum absolute atomic E-state index is 0.453. The summed E-state index contributed by atoms with van der Waals surface area (Å²) in [6.45, 7) is 3.10. The van der Waals surface area contributed by atoms with Gasteiger partial charge in [-0.25, -0.2) is 0 Å². The highest BCUT2D eigenvalue weighted by Gasteiger charge is 2.25. The largest absolute Gasteiger partial charge is 0.495 e. The Morgan fingerprint density at radius 2 is 1.93 bits per heavy atom. The summed E-state index contributed by atoms with van der Waals surface area (Å²) in [7, 11) is 3.80. The van der Waals surface area contributed by atoms with Crippen LogP contribution in [0.3, 0.4) is 0 Å². The molecule has 0 radical (unpaired) electrons. The Morgan fingerprint density at radius 1 is 1.21 bits per heavy atom. The molecule has 2 aromatic carbocycles. The van der Waals surface area contributed by atoms with E-state index < -0.39 is 0 Å². The SMILES string of the molecule is COc1cc(NC(=S)N(CCc2ccccc2)C2CCN(C)CC2)ccc1Cl. The van der Waals surface area contributed by atoms with Gasteiger partial charge in [0, 0.05) is 24.3 Å². The fourth-order valence-corrected chi connectivity index (χ4v) is 4.14. The molecule has 3 rings (SSSR count). The highest BCUT2D eigenvalue weighted by Crippen LogP contribution is 2.28. The molecule has 0 spiro atoms. The van der Waals surface area contributed by atoms with Gasteiger partial charge in [-0.15, -0.1) is 0 Å². The third-order valence-electron chi connectivity index (χ3n) is 5.28. The zero-order valence-corrected chi connectivity index (χ0v) is 18.1. The van der Waals surface area contributed by atoms with Crippen LogP contribution in [0.4, 0.5) is 5.69 Å². The van der Waals surface area contributed by atoms with Gasteiger partial charge in [0.2, 0.25) is 0 Å². The molecular weight excluding hydrogens is 390 g/mol. The maximum Gasteiger partial charge on any atom is 0.173 e. The summed E-state index contributed by atoms with van der Waals surface area (Å²) in [4.78, 5) is 4.74. The number of thiocarbonyl (C=S) groups is 1. The van der Waals surface area contributed by atoms with Crippen molar-refractivity contribution in [1.82, 2.24) is 9.80 Å². The van der Waals surface area contributed by atoms with Crippen molar-refractivity contribution in [2.24, 2.45) is 0 Å². The molecule has 1 saturated heterocycles. The third-order valence-corrected chi connectivity index (χ3v) is 5.93. The van der Waals surface area contributed by atoms with Gasteiger partial charge in [0.05, 0.1) is 12.1 Å². The molecule has 6 heteroatoms. The topological polar surface area (TPSA) is 27.7 Å². The fourth-order valence-electron chi connectivity index (χ4n) is 3.58. The first kappa shape index (κ1) is 20.9. The standard InChI is InChI=1S/C22H28ClN3OS/c1-25-13-11-19(12-14-25)26(15-10-17-6-4-3-5-7-17)22(28)24-18-8-9-20(23)21(16-18)27-2/h3-9,16,19H,10-15H2,1-2H3,(H,24,28). The summed E-state index contributed by atoms with van der Waals surface area (Å²) in [6, 6.07) is 16.7. The average molecular weight is 418 g/mol. The van der Waals surface area contributed by atoms with Crippen LogP contribution in [-0.4, -0.2) is 54.7 Å². The quantitative estimate of drug-likeness (QED) is 0.688. The lowest BCUT2D eigenvalue weighted by atomic mass is 10.0. The molecule has 0 saturated carbocycles. The second-order valence-corrected chi connectivity index (χ2v) is 8.04. The zero-order valence-electron chi connectivity index (χ0n) is 16.5. The molecule has 28 heavy (non-hydrogen) atoms. The summed E-state index contributed by atoms with van der Waals surface area (Å²) in [5, 5.41) is 4.75. The van der Waals surface area contributed by atoms with Crippen molar-refractivity contribution >= 4 is 34.6 Å². The molecule has 4 nitrogen and oxygen atoms in total. The monoisotopic (exact) mass is 417 g/mol. The number of rotatable bonds is 6. The van der Waals surface area contributed by atoms with Crippen LogP contribution in [-0.2, 0) is 6.42 Å². The van der Waals surface area contributed by atoms with Crippen LogP contribution in [0.15, 0.2) is 48.5 Å². The van der Waals surface area contributed by atoms with Gasteiger partial charge >= 0.3 is 0 Å². The minimum atomic E-state index is 0.453. The van der Waals surface area contributed by atoms with Crippen molar-refractivity contribution in [2.45, 2.75) is 25.3 Å². The number of hydrogen-bond donors (Lipinski definition) is 1. The Bertz CT molecular complexity index is 779. The summed E-state index contributed by atoms with van der Waals surface area (Å²) in [5.74, 6) is 0.643. The molecule has 150 valence electrons. The number of piperidine rings is 1. The van der Waals surface area contributed by atoms with Gasteiger partial charge in [-0.05, 0) is 69.3 Å². The molecule has 2 aromatic rings. The smallest absolute Gasteiger partial charge is 0.173 e. The maximum atomic E-state index is 6.15. The van der Waals surface area contributed by atoms with Crippen molar-refractivity contribution in [3.8, 4) is 5.75 Å². The van der Waals surface area contributed by atoms with Crippen LogP contribution in [0.1, 0.15) is 18.4 Å². The number of nitrogens with one attached hydrogen (secondary N) is 1. The number of nitrogens with zero attached hydrogens (tertiary/aromatic N) is 2. The predicted molar refractivity (Wildman–Crippen MR) is 122 cm³/mol. The van der Waals surface area contributed by atoms with Crippen LogP contribution in [0.25, 0.3) is 0 Å². The lowest BCUT2D eigenvalue weighted by Gasteiger charge is -2.39. The second kappa shape index (κ2) is 10.1. The minimum Gasteiger partial charge on any atom is -0.495 e. The van der Waals surface area contributed by atoms with Gasteiger partial charge < -0.3 is 19.9 Å². The summed E-state index contributed by atoms with van der Waals surface area (Å²) in [6.07, 6.45) is 3.22. The van der Waals surface area contributed by atoms with Gasteiger partial charge in [-0.3, -0.25) is 0 Å². The van der Waals surface area contributed by atoms with E-state index in [1.807, 2.05) is 18.2 Å². The van der Waals surface area contributed by atoms with Crippen molar-refractivity contribution in [3.63, 3.8) is 0 Å². The van der Waals surface area contributed by atoms with E-state index in [0.717, 1.165) is 49.7 Å². The van der Waals surface area contributed by atoms with Gasteiger partial charge in [-0.2, -0.15) is 0 Å². The average Bonchev–Trinajstić information content (AvgIpc) is 2.71. The molecule has 1 fully saturated rings. The molecule has 1 N–H and O–H groups in total. The van der Waals surface area contributed by atoms with E-state index in [9.17, 15) is 0 Å². The summed E-state index contributed by atoms with van der Waals surface area (Å²) < 4.78 is 5.33. The lowest BCUT2D eigenvalue weighted by molar-refractivity contribution is 0.178. The maximum absolute atomic E-state index is 6.15. The zero-order chi connectivity index (χ0) is 19.9. The predicted octanol–water partition coefficient (Wildman–Crippen LogP) is 4.68. The molecule has 0 atom stereocenters. The summed E-state index contributed by atoms with van der Waals surface area (Å²) >= 11 is 12.0. The Balaban J connectivity index is 1.72. The number of ether oxygens (including phenoxy) is 1. The van der Waals surface area contributed by atoms with Gasteiger partial charge in [0.25, 0.3) is 0 Å². The first-order chi connectivity index (χ1) is 13.6. The van der Waals surface area contributed by atoms with Crippen molar-refractivity contribution in [2.75, 3.05) is 39.1 Å². The van der Waals surface area contributed by atoms with E-state index in [4.69, 9.17) is 28.6 Å². The molecule has 0 bridgehead atoms. The molecule has 0 unspecified atom stereocenters. The Morgan fingerprint density at radius 3 is 2.61 bits per heavy atom. The first-order valence-corrected chi connectivity index (χ1v) is 10.5. The van der Waals surface area contributed by atoms with Crippen LogP contribution < -0.4 is 10.1 Å². The van der Waals surface area contributed by atoms with Crippen LogP contribution in [0, 0.1) is 0 Å². The van der Waals surface area contributed by atoms with Crippen LogP contribution in [0.2, 0.25) is 5.02 Å². The first-order valence-electron chi connectivity index (χ1n) is 9.70. The van der Waals surface area contributed by atoms with E-state index >= 15 is 0 Å². The van der Waals surface area contributed by atoms with Crippen molar-refractivity contribution in [1.29, 1.82) is 0 Å².